The van der Waals surface area contributed by atoms with Crippen LogP contribution in [0.15, 0.2) is 18.2 Å². The summed E-state index contributed by atoms with van der Waals surface area (Å²) in [5.41, 5.74) is 4.11. The van der Waals surface area contributed by atoms with Crippen LogP contribution in [0.4, 0.5) is 11.4 Å². The normalized spacial score (nSPS) is 20.5. The fraction of sp³-hybridized carbons (Fsp3) is 0.538. The zero-order valence-corrected chi connectivity index (χ0v) is 9.29. The van der Waals surface area contributed by atoms with Crippen molar-refractivity contribution in [3.63, 3.8) is 0 Å². The van der Waals surface area contributed by atoms with Crippen LogP contribution in [0, 0.1) is 6.92 Å². The second-order valence-corrected chi connectivity index (χ2v) is 4.73. The molecule has 0 unspecified atom stereocenters. The lowest BCUT2D eigenvalue weighted by Gasteiger charge is -2.24. The van der Waals surface area contributed by atoms with Crippen molar-refractivity contribution in [1.82, 2.24) is 0 Å². The van der Waals surface area contributed by atoms with Gasteiger partial charge in [0, 0.05) is 19.1 Å². The van der Waals surface area contributed by atoms with Gasteiger partial charge in [0.15, 0.2) is 0 Å². The number of benzene rings is 1. The zero-order chi connectivity index (χ0) is 10.3. The van der Waals surface area contributed by atoms with E-state index in [9.17, 15) is 0 Å². The summed E-state index contributed by atoms with van der Waals surface area (Å²) in [6, 6.07) is 7.57. The molecular weight excluding hydrogens is 184 g/mol. The fourth-order valence-corrected chi connectivity index (χ4v) is 2.39. The molecule has 1 aliphatic heterocycles. The average Bonchev–Trinajstić information content (AvgIpc) is 3.01. The number of rotatable bonds is 1. The third kappa shape index (κ3) is 1.69. The Labute approximate surface area is 91.3 Å². The van der Waals surface area contributed by atoms with Gasteiger partial charge in [-0.3, -0.25) is 0 Å². The number of nitrogens with zero attached hydrogens (tertiary/aromatic N) is 1. The summed E-state index contributed by atoms with van der Waals surface area (Å²) < 4.78 is 0. The smallest absolute Gasteiger partial charge is 0.0607 e. The second-order valence-electron chi connectivity index (χ2n) is 4.73. The monoisotopic (exact) mass is 202 g/mol. The Morgan fingerprint density at radius 2 is 2.20 bits per heavy atom. The van der Waals surface area contributed by atoms with Crippen molar-refractivity contribution in [1.29, 1.82) is 0 Å². The van der Waals surface area contributed by atoms with Crippen LogP contribution in [0.5, 0.6) is 0 Å². The van der Waals surface area contributed by atoms with Gasteiger partial charge in [0.2, 0.25) is 0 Å². The van der Waals surface area contributed by atoms with Crippen molar-refractivity contribution >= 4 is 11.4 Å². The van der Waals surface area contributed by atoms with Gasteiger partial charge in [-0.15, -0.1) is 0 Å². The van der Waals surface area contributed by atoms with Crippen molar-refractivity contribution in [3.05, 3.63) is 23.8 Å². The van der Waals surface area contributed by atoms with Crippen LogP contribution >= 0.6 is 0 Å². The van der Waals surface area contributed by atoms with Crippen molar-refractivity contribution in [3.8, 4) is 0 Å². The highest BCUT2D eigenvalue weighted by Crippen LogP contribution is 2.37. The lowest BCUT2D eigenvalue weighted by atomic mass is 10.1. The molecule has 3 rings (SSSR count). The lowest BCUT2D eigenvalue weighted by Crippen LogP contribution is -2.26. The SMILES string of the molecule is Cc1ccc2c(c1)N(C1CC1)CCCN2. The summed E-state index contributed by atoms with van der Waals surface area (Å²) in [6.45, 7) is 4.50. The molecule has 1 saturated carbocycles. The Hall–Kier alpha value is -1.18. The first-order valence-corrected chi connectivity index (χ1v) is 5.96. The third-order valence-electron chi connectivity index (χ3n) is 3.34. The molecule has 2 heteroatoms. The summed E-state index contributed by atoms with van der Waals surface area (Å²) in [5, 5.41) is 3.52. The molecule has 80 valence electrons. The molecule has 0 spiro atoms. The average molecular weight is 202 g/mol. The molecule has 1 N–H and O–H groups in total. The molecule has 0 saturated heterocycles. The summed E-state index contributed by atoms with van der Waals surface area (Å²) in [4.78, 5) is 2.60. The largest absolute Gasteiger partial charge is 0.383 e. The number of nitrogens with one attached hydrogen (secondary N) is 1. The van der Waals surface area contributed by atoms with Gasteiger partial charge in [0.05, 0.1) is 11.4 Å². The minimum Gasteiger partial charge on any atom is -0.383 e. The van der Waals surface area contributed by atoms with E-state index in [1.807, 2.05) is 0 Å². The molecule has 1 aromatic carbocycles. The maximum absolute atomic E-state index is 3.52. The van der Waals surface area contributed by atoms with Crippen LogP contribution < -0.4 is 10.2 Å². The van der Waals surface area contributed by atoms with E-state index < -0.39 is 0 Å². The van der Waals surface area contributed by atoms with Gasteiger partial charge in [-0.25, -0.2) is 0 Å². The van der Waals surface area contributed by atoms with Crippen molar-refractivity contribution < 1.29 is 0 Å². The van der Waals surface area contributed by atoms with Crippen LogP contribution in [0.25, 0.3) is 0 Å². The molecule has 1 aromatic rings. The Balaban J connectivity index is 2.02. The van der Waals surface area contributed by atoms with Crippen molar-refractivity contribution in [2.45, 2.75) is 32.2 Å². The van der Waals surface area contributed by atoms with E-state index in [1.165, 1.54) is 42.7 Å². The van der Waals surface area contributed by atoms with Crippen molar-refractivity contribution in [2.24, 2.45) is 0 Å². The molecule has 0 amide bonds. The molecule has 0 aromatic heterocycles. The van der Waals surface area contributed by atoms with E-state index in [-0.39, 0.29) is 0 Å². The molecule has 1 fully saturated rings. The minimum absolute atomic E-state index is 0.824. The van der Waals surface area contributed by atoms with E-state index in [0.29, 0.717) is 0 Å². The Bertz CT molecular complexity index is 369. The van der Waals surface area contributed by atoms with Crippen LogP contribution in [0.2, 0.25) is 0 Å². The topological polar surface area (TPSA) is 15.3 Å². The molecular formula is C13H18N2. The van der Waals surface area contributed by atoms with Gasteiger partial charge in [-0.2, -0.15) is 0 Å². The standard InChI is InChI=1S/C13H18N2/c1-10-3-6-12-13(9-10)15(11-4-5-11)8-2-7-14-12/h3,6,9,11,14H,2,4-5,7-8H2,1H3. The maximum atomic E-state index is 3.52. The maximum Gasteiger partial charge on any atom is 0.0607 e. The summed E-state index contributed by atoms with van der Waals surface area (Å²) in [6.07, 6.45) is 4.02. The van der Waals surface area contributed by atoms with Crippen molar-refractivity contribution in [2.75, 3.05) is 23.3 Å². The van der Waals surface area contributed by atoms with E-state index in [0.717, 1.165) is 12.6 Å². The van der Waals surface area contributed by atoms with Gasteiger partial charge in [0.1, 0.15) is 0 Å². The quantitative estimate of drug-likeness (QED) is 0.753. The van der Waals surface area contributed by atoms with E-state index in [4.69, 9.17) is 0 Å². The lowest BCUT2D eigenvalue weighted by molar-refractivity contribution is 0.760. The Kier molecular flexibility index (Phi) is 2.08. The van der Waals surface area contributed by atoms with Gasteiger partial charge in [-0.05, 0) is 43.9 Å². The van der Waals surface area contributed by atoms with Gasteiger partial charge >= 0.3 is 0 Å². The predicted molar refractivity (Wildman–Crippen MR) is 64.7 cm³/mol. The molecule has 1 heterocycles. The molecule has 0 bridgehead atoms. The number of hydrogen-bond acceptors (Lipinski definition) is 2. The number of fused-ring (bicyclic) bond motifs is 1. The molecule has 0 atom stereocenters. The van der Waals surface area contributed by atoms with Gasteiger partial charge in [-0.1, -0.05) is 6.07 Å². The van der Waals surface area contributed by atoms with Gasteiger partial charge < -0.3 is 10.2 Å². The van der Waals surface area contributed by atoms with Gasteiger partial charge in [0.25, 0.3) is 0 Å². The zero-order valence-electron chi connectivity index (χ0n) is 9.29. The number of aryl methyl sites for hydroxylation is 1. The summed E-state index contributed by atoms with van der Waals surface area (Å²) in [5.74, 6) is 0. The van der Waals surface area contributed by atoms with E-state index in [2.05, 4.69) is 35.3 Å². The first kappa shape index (κ1) is 9.08. The summed E-state index contributed by atoms with van der Waals surface area (Å²) in [7, 11) is 0. The van der Waals surface area contributed by atoms with Crippen LogP contribution in [-0.2, 0) is 0 Å². The summed E-state index contributed by atoms with van der Waals surface area (Å²) >= 11 is 0. The molecule has 0 radical (unpaired) electrons. The van der Waals surface area contributed by atoms with E-state index >= 15 is 0 Å². The Morgan fingerprint density at radius 3 is 3.00 bits per heavy atom. The molecule has 1 aliphatic carbocycles. The first-order chi connectivity index (χ1) is 7.34. The minimum atomic E-state index is 0.824. The van der Waals surface area contributed by atoms with E-state index in [1.54, 1.807) is 0 Å². The highest BCUT2D eigenvalue weighted by Gasteiger charge is 2.30. The molecule has 15 heavy (non-hydrogen) atoms. The molecule has 2 aliphatic rings. The Morgan fingerprint density at radius 1 is 1.33 bits per heavy atom. The van der Waals surface area contributed by atoms with Crippen LogP contribution in [0.3, 0.4) is 0 Å². The fourth-order valence-electron chi connectivity index (χ4n) is 2.39. The predicted octanol–water partition coefficient (Wildman–Crippen LogP) is 2.78. The second kappa shape index (κ2) is 3.44. The highest BCUT2D eigenvalue weighted by atomic mass is 15.2. The van der Waals surface area contributed by atoms with Crippen LogP contribution in [0.1, 0.15) is 24.8 Å². The van der Waals surface area contributed by atoms with Crippen LogP contribution in [-0.4, -0.2) is 19.1 Å². The highest BCUT2D eigenvalue weighted by molar-refractivity contribution is 5.72. The third-order valence-corrected chi connectivity index (χ3v) is 3.34. The number of anilines is 2. The first-order valence-electron chi connectivity index (χ1n) is 5.96. The molecule has 2 nitrogen and oxygen atoms in total. The number of hydrogen-bond donors (Lipinski definition) is 1.